The molecule has 1 aromatic heterocycles. The third-order valence-electron chi connectivity index (χ3n) is 8.62. The van der Waals surface area contributed by atoms with Crippen LogP contribution in [0.4, 0.5) is 0 Å². The van der Waals surface area contributed by atoms with Gasteiger partial charge in [0.2, 0.25) is 0 Å². The molecule has 3 heterocycles. The van der Waals surface area contributed by atoms with Crippen LogP contribution in [0.5, 0.6) is 0 Å². The van der Waals surface area contributed by atoms with E-state index in [0.29, 0.717) is 11.0 Å². The van der Waals surface area contributed by atoms with Gasteiger partial charge in [0.25, 0.3) is 14.1 Å². The Morgan fingerprint density at radius 2 is 1.47 bits per heavy atom. The molecule has 2 saturated heterocycles. The first-order valence-corrected chi connectivity index (χ1v) is 18.3. The largest absolute Gasteiger partial charge is 0.405 e. The van der Waals surface area contributed by atoms with Crippen LogP contribution in [0.15, 0.2) is 84.9 Å². The van der Waals surface area contributed by atoms with Crippen molar-refractivity contribution < 1.29 is 32.2 Å². The van der Waals surface area contributed by atoms with Gasteiger partial charge < -0.3 is 23.7 Å². The Morgan fingerprint density at radius 1 is 0.911 bits per heavy atom. The Hall–Kier alpha value is -2.94. The summed E-state index contributed by atoms with van der Waals surface area (Å²) in [6.07, 6.45) is -2.69. The van der Waals surface area contributed by atoms with Crippen molar-refractivity contribution in [1.29, 1.82) is 0 Å². The van der Waals surface area contributed by atoms with E-state index in [4.69, 9.17) is 18.6 Å². The third kappa shape index (κ3) is 5.17. The molecule has 3 aromatic carbocycles. The molecule has 0 spiro atoms. The molecular formula is C33H41N3O7SSi. The van der Waals surface area contributed by atoms with Gasteiger partial charge in [0, 0.05) is 14.1 Å². The van der Waals surface area contributed by atoms with Crippen molar-refractivity contribution in [3.05, 3.63) is 90.8 Å². The third-order valence-corrected chi connectivity index (χ3v) is 15.4. The fourth-order valence-electron chi connectivity index (χ4n) is 6.63. The molecule has 10 nitrogen and oxygen atoms in total. The molecule has 45 heavy (non-hydrogen) atoms. The summed E-state index contributed by atoms with van der Waals surface area (Å²) in [6, 6.07) is 27.3. The number of rotatable bonds is 8. The summed E-state index contributed by atoms with van der Waals surface area (Å²) in [5.41, 5.74) is 0.691. The van der Waals surface area contributed by atoms with Crippen LogP contribution in [0.2, 0.25) is 5.04 Å². The molecular weight excluding hydrogens is 611 g/mol. The lowest BCUT2D eigenvalue weighted by Crippen LogP contribution is -2.67. The normalized spacial score (nSPS) is 25.2. The molecule has 0 saturated carbocycles. The molecule has 240 valence electrons. The van der Waals surface area contributed by atoms with Crippen LogP contribution < -0.4 is 10.4 Å². The highest BCUT2D eigenvalue weighted by Gasteiger charge is 2.66. The molecule has 1 unspecified atom stereocenters. The van der Waals surface area contributed by atoms with E-state index in [9.17, 15) is 13.5 Å². The van der Waals surface area contributed by atoms with Crippen LogP contribution in [0.1, 0.15) is 40.4 Å². The molecule has 1 N–H and O–H groups in total. The highest BCUT2D eigenvalue weighted by Crippen LogP contribution is 2.49. The summed E-state index contributed by atoms with van der Waals surface area (Å²) in [5, 5.41) is 14.3. The lowest BCUT2D eigenvalue weighted by molar-refractivity contribution is -0.286. The Kier molecular flexibility index (Phi) is 7.89. The second kappa shape index (κ2) is 11.1. The number of hydrogen-bond acceptors (Lipinski definition) is 8. The zero-order valence-electron chi connectivity index (χ0n) is 26.7. The van der Waals surface area contributed by atoms with Gasteiger partial charge >= 0.3 is 10.2 Å². The van der Waals surface area contributed by atoms with E-state index in [0.717, 1.165) is 18.7 Å². The number of aliphatic hydroxyl groups is 1. The van der Waals surface area contributed by atoms with Crippen molar-refractivity contribution in [2.24, 2.45) is 0 Å². The predicted octanol–water partition coefficient (Wildman–Crippen LogP) is 3.33. The topological polar surface area (TPSA) is 112 Å². The van der Waals surface area contributed by atoms with Crippen LogP contribution in [0, 0.1) is 0 Å². The van der Waals surface area contributed by atoms with Crippen LogP contribution in [0.3, 0.4) is 0 Å². The molecule has 4 aromatic rings. The number of hydrogen-bond donors (Lipinski definition) is 1. The van der Waals surface area contributed by atoms with Crippen molar-refractivity contribution in [3.8, 4) is 0 Å². The predicted molar refractivity (Wildman–Crippen MR) is 174 cm³/mol. The molecule has 0 amide bonds. The second-order valence-corrected chi connectivity index (χ2v) is 19.6. The van der Waals surface area contributed by atoms with Gasteiger partial charge in [0.05, 0.1) is 17.6 Å². The first-order chi connectivity index (χ1) is 21.1. The minimum absolute atomic E-state index is 0.0524. The Labute approximate surface area is 265 Å². The van der Waals surface area contributed by atoms with E-state index < -0.39 is 48.4 Å². The number of benzene rings is 3. The Bertz CT molecular complexity index is 1750. The van der Waals surface area contributed by atoms with Gasteiger partial charge in [-0.1, -0.05) is 93.6 Å². The highest BCUT2D eigenvalue weighted by molar-refractivity contribution is 7.87. The zero-order chi connectivity index (χ0) is 32.4. The van der Waals surface area contributed by atoms with E-state index in [1.54, 1.807) is 38.1 Å². The molecule has 12 heteroatoms. The maximum Gasteiger partial charge on any atom is 0.309 e. The van der Waals surface area contributed by atoms with E-state index in [1.165, 1.54) is 14.1 Å². The van der Waals surface area contributed by atoms with Crippen LogP contribution >= 0.6 is 0 Å². The Balaban J connectivity index is 1.46. The molecule has 2 aliphatic heterocycles. The Morgan fingerprint density at radius 3 is 2.02 bits per heavy atom. The van der Waals surface area contributed by atoms with Gasteiger partial charge in [-0.2, -0.15) is 12.7 Å². The summed E-state index contributed by atoms with van der Waals surface area (Å²) in [4.78, 5) is 4.62. The van der Waals surface area contributed by atoms with Gasteiger partial charge in [-0.25, -0.2) is 8.96 Å². The molecule has 0 bridgehead atoms. The second-order valence-electron chi connectivity index (χ2n) is 13.3. The van der Waals surface area contributed by atoms with Crippen molar-refractivity contribution in [2.75, 3.05) is 20.7 Å². The summed E-state index contributed by atoms with van der Waals surface area (Å²) in [5.74, 6) is -3.57. The minimum atomic E-state index is -4.14. The van der Waals surface area contributed by atoms with Crippen LogP contribution in [0.25, 0.3) is 11.0 Å². The number of fused-ring (bicyclic) bond motifs is 2. The fourth-order valence-corrected chi connectivity index (χ4v) is 12.3. The van der Waals surface area contributed by atoms with E-state index in [2.05, 4.69) is 50.0 Å². The van der Waals surface area contributed by atoms with Crippen molar-refractivity contribution in [3.63, 3.8) is 0 Å². The first-order valence-electron chi connectivity index (χ1n) is 15.0. The molecule has 2 aliphatic rings. The van der Waals surface area contributed by atoms with Crippen LogP contribution in [-0.2, 0) is 34.6 Å². The van der Waals surface area contributed by atoms with Crippen LogP contribution in [-0.4, -0.2) is 79.9 Å². The summed E-state index contributed by atoms with van der Waals surface area (Å²) in [7, 11) is -4.28. The number of aromatic nitrogens is 2. The van der Waals surface area contributed by atoms with E-state index in [-0.39, 0.29) is 17.5 Å². The van der Waals surface area contributed by atoms with Gasteiger partial charge in [-0.15, -0.1) is 0 Å². The average molecular weight is 652 g/mol. The van der Waals surface area contributed by atoms with E-state index >= 15 is 0 Å². The molecule has 2 fully saturated rings. The number of nitrogens with zero attached hydrogens (tertiary/aromatic N) is 3. The van der Waals surface area contributed by atoms with E-state index in [1.807, 2.05) is 36.4 Å². The van der Waals surface area contributed by atoms with Gasteiger partial charge in [-0.3, -0.25) is 0 Å². The molecule has 4 atom stereocenters. The SMILES string of the molecule is CN(C)S(=O)(=O)n1c(C2(O)O[C@H](CO[Si](c3ccccc3)(c3ccccc3)C(C)(C)C)[C@H]3OC(C)(C)O[C@H]32)nc2ccccc21. The first kappa shape index (κ1) is 32.0. The van der Waals surface area contributed by atoms with Crippen molar-refractivity contribution in [2.45, 2.75) is 69.5 Å². The quantitative estimate of drug-likeness (QED) is 0.289. The van der Waals surface area contributed by atoms with Gasteiger partial charge in [0.1, 0.15) is 12.2 Å². The molecule has 0 aliphatic carbocycles. The monoisotopic (exact) mass is 651 g/mol. The van der Waals surface area contributed by atoms with Gasteiger partial charge in [0.15, 0.2) is 17.7 Å². The zero-order valence-corrected chi connectivity index (χ0v) is 28.5. The number of para-hydroxylation sites is 2. The molecule has 0 radical (unpaired) electrons. The maximum absolute atomic E-state index is 13.7. The van der Waals surface area contributed by atoms with Crippen molar-refractivity contribution >= 4 is 39.9 Å². The van der Waals surface area contributed by atoms with Gasteiger partial charge in [-0.05, 0) is 41.4 Å². The minimum Gasteiger partial charge on any atom is -0.405 e. The highest BCUT2D eigenvalue weighted by atomic mass is 32.2. The number of ether oxygens (including phenoxy) is 3. The summed E-state index contributed by atoms with van der Waals surface area (Å²) >= 11 is 0. The smallest absolute Gasteiger partial charge is 0.309 e. The lowest BCUT2D eigenvalue weighted by atomic mass is 10.1. The molecule has 6 rings (SSSR count). The average Bonchev–Trinajstić information content (AvgIpc) is 3.62. The number of imidazole rings is 1. The van der Waals surface area contributed by atoms with Crippen molar-refractivity contribution in [1.82, 2.24) is 13.3 Å². The maximum atomic E-state index is 13.7. The fraction of sp³-hybridized carbons (Fsp3) is 0.424. The lowest BCUT2D eigenvalue weighted by Gasteiger charge is -2.43. The standard InChI is InChI=1S/C33H41N3O7SSi/c1-31(2,3)45(23-16-10-8-11-17-23,24-18-12-9-13-19-24)40-22-27-28-29(43-32(4,5)42-28)33(37,41-27)30-34-25-20-14-15-21-26(25)36(30)44(38,39)35(6)7/h8-21,27-29,37H,22H2,1-7H3/t27-,28-,29-,33?/m1/s1. The summed E-state index contributed by atoms with van der Waals surface area (Å²) in [6.45, 7) is 10.1. The summed E-state index contributed by atoms with van der Waals surface area (Å²) < 4.78 is 55.7.